The highest BCUT2D eigenvalue weighted by Crippen LogP contribution is 2.12. The second kappa shape index (κ2) is 6.71. The number of halogens is 1. The van der Waals surface area contributed by atoms with Crippen LogP contribution in [0.4, 0.5) is 4.39 Å². The largest absolute Gasteiger partial charge is 0.331 e. The number of para-hydroxylation sites is 2. The van der Waals surface area contributed by atoms with Gasteiger partial charge in [0.25, 0.3) is 0 Å². The zero-order valence-corrected chi connectivity index (χ0v) is 12.7. The van der Waals surface area contributed by atoms with E-state index in [1.54, 1.807) is 13.0 Å². The smallest absolute Gasteiger partial charge is 0.126 e. The van der Waals surface area contributed by atoms with E-state index >= 15 is 0 Å². The van der Waals surface area contributed by atoms with E-state index in [0.29, 0.717) is 12.1 Å². The second-order valence-electron chi connectivity index (χ2n) is 5.54. The monoisotopic (exact) mass is 297 g/mol. The number of nitrogens with one attached hydrogen (secondary N) is 1. The summed E-state index contributed by atoms with van der Waals surface area (Å²) in [4.78, 5) is 4.38. The molecular weight excluding hydrogens is 277 g/mol. The maximum absolute atomic E-state index is 13.5. The molecule has 0 radical (unpaired) electrons. The van der Waals surface area contributed by atoms with Crippen molar-refractivity contribution in [3.8, 4) is 0 Å². The summed E-state index contributed by atoms with van der Waals surface area (Å²) in [6, 6.07) is 13.5. The lowest BCUT2D eigenvalue weighted by molar-refractivity contribution is 0.583. The van der Waals surface area contributed by atoms with Gasteiger partial charge in [-0.05, 0) is 49.2 Å². The minimum absolute atomic E-state index is 0.135. The molecule has 0 aliphatic carbocycles. The van der Waals surface area contributed by atoms with Gasteiger partial charge in [-0.3, -0.25) is 0 Å². The molecule has 2 aromatic carbocycles. The third-order valence-electron chi connectivity index (χ3n) is 3.85. The van der Waals surface area contributed by atoms with E-state index in [4.69, 9.17) is 0 Å². The third-order valence-corrected chi connectivity index (χ3v) is 3.85. The molecule has 0 aliphatic heterocycles. The van der Waals surface area contributed by atoms with Crippen LogP contribution in [0, 0.1) is 12.7 Å². The molecule has 0 amide bonds. The summed E-state index contributed by atoms with van der Waals surface area (Å²) in [6.45, 7) is 4.29. The van der Waals surface area contributed by atoms with Gasteiger partial charge < -0.3 is 9.88 Å². The highest BCUT2D eigenvalue weighted by atomic mass is 19.1. The Morgan fingerprint density at radius 3 is 2.91 bits per heavy atom. The Hall–Kier alpha value is -2.20. The minimum Gasteiger partial charge on any atom is -0.331 e. The zero-order valence-electron chi connectivity index (χ0n) is 12.7. The van der Waals surface area contributed by atoms with Crippen molar-refractivity contribution in [3.63, 3.8) is 0 Å². The van der Waals surface area contributed by atoms with Crippen LogP contribution in [0.3, 0.4) is 0 Å². The van der Waals surface area contributed by atoms with E-state index in [-0.39, 0.29) is 5.82 Å². The third kappa shape index (κ3) is 3.34. The van der Waals surface area contributed by atoms with Gasteiger partial charge in [0.2, 0.25) is 0 Å². The molecule has 0 spiro atoms. The molecule has 3 nitrogen and oxygen atoms in total. The molecule has 0 saturated heterocycles. The van der Waals surface area contributed by atoms with Gasteiger partial charge in [0.1, 0.15) is 5.82 Å². The fraction of sp³-hybridized carbons (Fsp3) is 0.278. The average Bonchev–Trinajstić information content (AvgIpc) is 2.94. The van der Waals surface area contributed by atoms with E-state index in [9.17, 15) is 4.39 Å². The second-order valence-corrected chi connectivity index (χ2v) is 5.54. The SMILES string of the molecule is Cc1ccc(CNCCCn2cnc3ccccc32)cc1F. The van der Waals surface area contributed by atoms with E-state index in [2.05, 4.69) is 20.9 Å². The van der Waals surface area contributed by atoms with Crippen LogP contribution in [0.1, 0.15) is 17.5 Å². The normalized spacial score (nSPS) is 11.2. The van der Waals surface area contributed by atoms with Crippen molar-refractivity contribution in [1.82, 2.24) is 14.9 Å². The van der Waals surface area contributed by atoms with Crippen LogP contribution in [0.15, 0.2) is 48.8 Å². The quantitative estimate of drug-likeness (QED) is 0.704. The van der Waals surface area contributed by atoms with Crippen molar-refractivity contribution in [1.29, 1.82) is 0 Å². The Bertz CT molecular complexity index is 764. The first kappa shape index (κ1) is 14.7. The lowest BCUT2D eigenvalue weighted by Gasteiger charge is -2.07. The maximum atomic E-state index is 13.5. The number of hydrogen-bond donors (Lipinski definition) is 1. The number of aromatic nitrogens is 2. The van der Waals surface area contributed by atoms with Crippen molar-refractivity contribution in [2.75, 3.05) is 6.54 Å². The van der Waals surface area contributed by atoms with Crippen molar-refractivity contribution in [2.45, 2.75) is 26.4 Å². The summed E-state index contributed by atoms with van der Waals surface area (Å²) < 4.78 is 15.6. The molecule has 0 aliphatic rings. The molecule has 0 fully saturated rings. The number of imidazole rings is 1. The van der Waals surface area contributed by atoms with Crippen molar-refractivity contribution >= 4 is 11.0 Å². The number of hydrogen-bond acceptors (Lipinski definition) is 2. The van der Waals surface area contributed by atoms with E-state index in [1.807, 2.05) is 36.7 Å². The summed E-state index contributed by atoms with van der Waals surface area (Å²) in [5, 5.41) is 3.36. The predicted octanol–water partition coefficient (Wildman–Crippen LogP) is 3.66. The maximum Gasteiger partial charge on any atom is 0.126 e. The van der Waals surface area contributed by atoms with Crippen LogP contribution >= 0.6 is 0 Å². The number of fused-ring (bicyclic) bond motifs is 1. The first-order chi connectivity index (χ1) is 10.7. The van der Waals surface area contributed by atoms with Crippen molar-refractivity contribution < 1.29 is 4.39 Å². The Kier molecular flexibility index (Phi) is 4.49. The summed E-state index contributed by atoms with van der Waals surface area (Å²) in [5.74, 6) is -0.135. The van der Waals surface area contributed by atoms with E-state index in [1.165, 1.54) is 5.52 Å². The van der Waals surface area contributed by atoms with Crippen LogP contribution in [0.25, 0.3) is 11.0 Å². The highest BCUT2D eigenvalue weighted by Gasteiger charge is 2.01. The average molecular weight is 297 g/mol. The fourth-order valence-corrected chi connectivity index (χ4v) is 2.54. The molecule has 22 heavy (non-hydrogen) atoms. The molecule has 1 N–H and O–H groups in total. The lowest BCUT2D eigenvalue weighted by atomic mass is 10.1. The summed E-state index contributed by atoms with van der Waals surface area (Å²) >= 11 is 0. The molecule has 0 bridgehead atoms. The van der Waals surface area contributed by atoms with Crippen molar-refractivity contribution in [3.05, 3.63) is 65.7 Å². The molecule has 0 saturated carbocycles. The topological polar surface area (TPSA) is 29.9 Å². The summed E-state index contributed by atoms with van der Waals surface area (Å²) in [6.07, 6.45) is 2.90. The number of rotatable bonds is 6. The molecule has 4 heteroatoms. The number of benzene rings is 2. The van der Waals surface area contributed by atoms with Gasteiger partial charge in [-0.2, -0.15) is 0 Å². The Morgan fingerprint density at radius 1 is 1.18 bits per heavy atom. The van der Waals surface area contributed by atoms with Gasteiger partial charge in [-0.1, -0.05) is 24.3 Å². The molecule has 0 unspecified atom stereocenters. The molecule has 1 aromatic heterocycles. The minimum atomic E-state index is -0.135. The van der Waals surface area contributed by atoms with Crippen LogP contribution < -0.4 is 5.32 Å². The summed E-state index contributed by atoms with van der Waals surface area (Å²) in [7, 11) is 0. The van der Waals surface area contributed by atoms with Crippen LogP contribution in [0.5, 0.6) is 0 Å². The van der Waals surface area contributed by atoms with Crippen LogP contribution in [-0.2, 0) is 13.1 Å². The fourth-order valence-electron chi connectivity index (χ4n) is 2.54. The molecule has 3 aromatic rings. The first-order valence-electron chi connectivity index (χ1n) is 7.59. The van der Waals surface area contributed by atoms with Crippen molar-refractivity contribution in [2.24, 2.45) is 0 Å². The molecular formula is C18H20FN3. The Labute approximate surface area is 129 Å². The van der Waals surface area contributed by atoms with Gasteiger partial charge in [-0.15, -0.1) is 0 Å². The number of nitrogens with zero attached hydrogens (tertiary/aromatic N) is 2. The molecule has 1 heterocycles. The highest BCUT2D eigenvalue weighted by molar-refractivity contribution is 5.74. The van der Waals surface area contributed by atoms with Gasteiger partial charge in [-0.25, -0.2) is 9.37 Å². The molecule has 0 atom stereocenters. The van der Waals surface area contributed by atoms with Gasteiger partial charge in [0, 0.05) is 13.1 Å². The van der Waals surface area contributed by atoms with Crippen LogP contribution in [0.2, 0.25) is 0 Å². The lowest BCUT2D eigenvalue weighted by Crippen LogP contribution is -2.16. The van der Waals surface area contributed by atoms with Crippen LogP contribution in [-0.4, -0.2) is 16.1 Å². The Balaban J connectivity index is 1.46. The standard InChI is InChI=1S/C18H20FN3/c1-14-7-8-15(11-16(14)19)12-20-9-4-10-22-13-21-17-5-2-3-6-18(17)22/h2-3,5-8,11,13,20H,4,9-10,12H2,1H3. The Morgan fingerprint density at radius 2 is 2.05 bits per heavy atom. The molecule has 114 valence electrons. The first-order valence-corrected chi connectivity index (χ1v) is 7.59. The van der Waals surface area contributed by atoms with Gasteiger partial charge in [0.15, 0.2) is 0 Å². The van der Waals surface area contributed by atoms with Gasteiger partial charge in [0.05, 0.1) is 17.4 Å². The van der Waals surface area contributed by atoms with E-state index < -0.39 is 0 Å². The predicted molar refractivity (Wildman–Crippen MR) is 87.2 cm³/mol. The van der Waals surface area contributed by atoms with E-state index in [0.717, 1.165) is 30.6 Å². The van der Waals surface area contributed by atoms with Gasteiger partial charge >= 0.3 is 0 Å². The summed E-state index contributed by atoms with van der Waals surface area (Å²) in [5.41, 5.74) is 3.88. The zero-order chi connectivity index (χ0) is 15.4. The molecule has 3 rings (SSSR count). The number of aryl methyl sites for hydroxylation is 2.